The Labute approximate surface area is 163 Å². The summed E-state index contributed by atoms with van der Waals surface area (Å²) in [4.78, 5) is 26.5. The zero-order chi connectivity index (χ0) is 19.4. The van der Waals surface area contributed by atoms with Crippen LogP contribution in [0.5, 0.6) is 0 Å². The summed E-state index contributed by atoms with van der Waals surface area (Å²) in [5.74, 6) is -0.660. The number of benzene rings is 2. The smallest absolute Gasteiger partial charge is 0.310 e. The van der Waals surface area contributed by atoms with Gasteiger partial charge >= 0.3 is 11.9 Å². The normalized spacial score (nSPS) is 12.7. The molecule has 0 N–H and O–H groups in total. The quantitative estimate of drug-likeness (QED) is 0.699. The standard InChI is InChI=1S/C22H22O4S/c1-4-14-9-10-20-18(11-14)17(13-22(24)26-3)16(12-21(23)25-2)15-7-5-6-8-19(15)27-20/h5-11H,4,12-13H2,1-3H3. The number of rotatable bonds is 5. The third-order valence-electron chi connectivity index (χ3n) is 4.67. The molecule has 5 heteroatoms. The predicted octanol–water partition coefficient (Wildman–Crippen LogP) is 4.75. The van der Waals surface area contributed by atoms with Gasteiger partial charge in [0.25, 0.3) is 0 Å². The van der Waals surface area contributed by atoms with Crippen LogP contribution in [0.3, 0.4) is 0 Å². The number of aryl methyl sites for hydroxylation is 1. The van der Waals surface area contributed by atoms with E-state index in [1.165, 1.54) is 19.8 Å². The highest BCUT2D eigenvalue weighted by atomic mass is 32.2. The van der Waals surface area contributed by atoms with Crippen LogP contribution in [0.25, 0.3) is 11.1 Å². The Hall–Kier alpha value is -2.53. The third-order valence-corrected chi connectivity index (χ3v) is 5.82. The second kappa shape index (κ2) is 8.44. The lowest BCUT2D eigenvalue weighted by atomic mass is 9.89. The van der Waals surface area contributed by atoms with Gasteiger partial charge in [0, 0.05) is 9.79 Å². The van der Waals surface area contributed by atoms with Gasteiger partial charge in [0.05, 0.1) is 27.1 Å². The van der Waals surface area contributed by atoms with Crippen LogP contribution >= 0.6 is 11.8 Å². The van der Waals surface area contributed by atoms with E-state index in [2.05, 4.69) is 25.1 Å². The summed E-state index contributed by atoms with van der Waals surface area (Å²) in [6.45, 7) is 2.10. The van der Waals surface area contributed by atoms with Crippen LogP contribution in [0.2, 0.25) is 0 Å². The number of esters is 2. The summed E-state index contributed by atoms with van der Waals surface area (Å²) in [6, 6.07) is 14.3. The molecule has 0 saturated heterocycles. The van der Waals surface area contributed by atoms with Gasteiger partial charge in [-0.15, -0.1) is 0 Å². The number of carbonyl (C=O) groups is 2. The highest BCUT2D eigenvalue weighted by molar-refractivity contribution is 7.99. The summed E-state index contributed by atoms with van der Waals surface area (Å²) in [5.41, 5.74) is 4.78. The summed E-state index contributed by atoms with van der Waals surface area (Å²) >= 11 is 1.65. The van der Waals surface area contributed by atoms with Crippen molar-refractivity contribution in [3.63, 3.8) is 0 Å². The van der Waals surface area contributed by atoms with E-state index in [-0.39, 0.29) is 24.8 Å². The van der Waals surface area contributed by atoms with Crippen LogP contribution < -0.4 is 0 Å². The topological polar surface area (TPSA) is 52.6 Å². The number of methoxy groups -OCH3 is 2. The molecule has 2 aromatic carbocycles. The molecule has 0 saturated carbocycles. The fraction of sp³-hybridized carbons (Fsp3) is 0.273. The maximum absolute atomic E-state index is 12.2. The monoisotopic (exact) mass is 382 g/mol. The minimum absolute atomic E-state index is 0.107. The van der Waals surface area contributed by atoms with Crippen molar-refractivity contribution in [3.05, 3.63) is 59.2 Å². The number of hydrogen-bond acceptors (Lipinski definition) is 5. The molecule has 0 unspecified atom stereocenters. The fourth-order valence-corrected chi connectivity index (χ4v) is 4.32. The SMILES string of the molecule is CCc1ccc2c(c1)C(CC(=O)OC)=C(CC(=O)OC)c1ccccc1S2. The predicted molar refractivity (Wildman–Crippen MR) is 106 cm³/mol. The van der Waals surface area contributed by atoms with Gasteiger partial charge in [-0.1, -0.05) is 49.0 Å². The second-order valence-electron chi connectivity index (χ2n) is 6.25. The van der Waals surface area contributed by atoms with Crippen molar-refractivity contribution in [2.45, 2.75) is 36.0 Å². The first-order chi connectivity index (χ1) is 13.1. The van der Waals surface area contributed by atoms with Gasteiger partial charge in [0.15, 0.2) is 0 Å². The van der Waals surface area contributed by atoms with Crippen LogP contribution in [-0.4, -0.2) is 26.2 Å². The molecular formula is C22H22O4S. The van der Waals surface area contributed by atoms with E-state index in [0.29, 0.717) is 0 Å². The van der Waals surface area contributed by atoms with Crippen LogP contribution in [0, 0.1) is 0 Å². The highest BCUT2D eigenvalue weighted by Gasteiger charge is 2.26. The van der Waals surface area contributed by atoms with Gasteiger partial charge in [-0.25, -0.2) is 0 Å². The van der Waals surface area contributed by atoms with Crippen LogP contribution in [-0.2, 0) is 25.5 Å². The summed E-state index contributed by atoms with van der Waals surface area (Å²) in [7, 11) is 2.76. The minimum Gasteiger partial charge on any atom is -0.469 e. The van der Waals surface area contributed by atoms with Crippen molar-refractivity contribution in [1.29, 1.82) is 0 Å². The van der Waals surface area contributed by atoms with Crippen LogP contribution in [0.1, 0.15) is 36.5 Å². The van der Waals surface area contributed by atoms with Crippen molar-refractivity contribution in [2.75, 3.05) is 14.2 Å². The van der Waals surface area contributed by atoms with Gasteiger partial charge in [0.1, 0.15) is 0 Å². The molecule has 0 amide bonds. The second-order valence-corrected chi connectivity index (χ2v) is 7.33. The molecule has 0 bridgehead atoms. The summed E-state index contributed by atoms with van der Waals surface area (Å²) < 4.78 is 9.86. The summed E-state index contributed by atoms with van der Waals surface area (Å²) in [6.07, 6.45) is 1.11. The Morgan fingerprint density at radius 2 is 1.44 bits per heavy atom. The van der Waals surface area contributed by atoms with Gasteiger partial charge < -0.3 is 9.47 Å². The third kappa shape index (κ3) is 4.08. The lowest BCUT2D eigenvalue weighted by Crippen LogP contribution is -2.07. The van der Waals surface area contributed by atoms with E-state index in [9.17, 15) is 9.59 Å². The van der Waals surface area contributed by atoms with Crippen LogP contribution in [0.4, 0.5) is 0 Å². The van der Waals surface area contributed by atoms with Gasteiger partial charge in [0.2, 0.25) is 0 Å². The molecule has 2 aromatic rings. The number of ether oxygens (including phenoxy) is 2. The highest BCUT2D eigenvalue weighted by Crippen LogP contribution is 2.46. The minimum atomic E-state index is -0.331. The number of hydrogen-bond donors (Lipinski definition) is 0. The molecule has 0 fully saturated rings. The Kier molecular flexibility index (Phi) is 6.01. The maximum atomic E-state index is 12.2. The van der Waals surface area contributed by atoms with Crippen molar-refractivity contribution in [3.8, 4) is 0 Å². The molecule has 0 aliphatic carbocycles. The molecule has 1 aliphatic rings. The van der Waals surface area contributed by atoms with Crippen molar-refractivity contribution in [2.24, 2.45) is 0 Å². The molecule has 4 nitrogen and oxygen atoms in total. The first-order valence-corrected chi connectivity index (χ1v) is 9.65. The Bertz CT molecular complexity index is 914. The Balaban J connectivity index is 2.30. The number of carbonyl (C=O) groups excluding carboxylic acids is 2. The van der Waals surface area contributed by atoms with E-state index < -0.39 is 0 Å². The largest absolute Gasteiger partial charge is 0.469 e. The maximum Gasteiger partial charge on any atom is 0.310 e. The van der Waals surface area contributed by atoms with Crippen molar-refractivity contribution in [1.82, 2.24) is 0 Å². The average molecular weight is 382 g/mol. The van der Waals surface area contributed by atoms with Crippen LogP contribution in [0.15, 0.2) is 52.3 Å². The van der Waals surface area contributed by atoms with Gasteiger partial charge in [-0.05, 0) is 46.4 Å². The number of fused-ring (bicyclic) bond motifs is 2. The first-order valence-electron chi connectivity index (χ1n) is 8.83. The lowest BCUT2D eigenvalue weighted by Gasteiger charge is -2.15. The molecular weight excluding hydrogens is 360 g/mol. The molecule has 0 atom stereocenters. The molecule has 1 heterocycles. The zero-order valence-corrected chi connectivity index (χ0v) is 16.5. The Morgan fingerprint density at radius 3 is 2.07 bits per heavy atom. The molecule has 140 valence electrons. The van der Waals surface area contributed by atoms with E-state index >= 15 is 0 Å². The molecule has 0 aromatic heterocycles. The Morgan fingerprint density at radius 1 is 0.852 bits per heavy atom. The zero-order valence-electron chi connectivity index (χ0n) is 15.7. The average Bonchev–Trinajstić information content (AvgIpc) is 2.82. The molecule has 1 aliphatic heterocycles. The fourth-order valence-electron chi connectivity index (χ4n) is 3.21. The van der Waals surface area contributed by atoms with E-state index in [4.69, 9.17) is 9.47 Å². The molecule has 0 spiro atoms. The van der Waals surface area contributed by atoms with Gasteiger partial charge in [-0.2, -0.15) is 0 Å². The molecule has 27 heavy (non-hydrogen) atoms. The molecule has 0 radical (unpaired) electrons. The molecule has 3 rings (SSSR count). The van der Waals surface area contributed by atoms with E-state index in [1.54, 1.807) is 11.8 Å². The van der Waals surface area contributed by atoms with Crippen molar-refractivity contribution < 1.29 is 19.1 Å². The van der Waals surface area contributed by atoms with Gasteiger partial charge in [-0.3, -0.25) is 9.59 Å². The van der Waals surface area contributed by atoms with E-state index in [0.717, 1.165) is 38.5 Å². The van der Waals surface area contributed by atoms with Crippen molar-refractivity contribution >= 4 is 34.8 Å². The first kappa shape index (κ1) is 19.2. The summed E-state index contributed by atoms with van der Waals surface area (Å²) in [5, 5.41) is 0. The van der Waals surface area contributed by atoms with E-state index in [1.807, 2.05) is 24.3 Å². The lowest BCUT2D eigenvalue weighted by molar-refractivity contribution is -0.140.